The van der Waals surface area contributed by atoms with Gasteiger partial charge in [-0.15, -0.1) is 0 Å². The Balaban J connectivity index is 1.82. The number of anilines is 1. The molecule has 0 atom stereocenters. The summed E-state index contributed by atoms with van der Waals surface area (Å²) in [6, 6.07) is 1.66. The molecule has 0 aromatic carbocycles. The van der Waals surface area contributed by atoms with Crippen molar-refractivity contribution in [3.05, 3.63) is 18.0 Å². The van der Waals surface area contributed by atoms with E-state index in [2.05, 4.69) is 27.1 Å². The standard InChI is InChI=1S/C16H27N5O2/c1-3-4-8-20(2)15(22)14-5-6-17-16(19-14)18-7-9-21-10-12-23-13-11-21/h5-6H,3-4,7-13H2,1-2H3,(H,17,18,19). The largest absolute Gasteiger partial charge is 0.379 e. The Labute approximate surface area is 138 Å². The summed E-state index contributed by atoms with van der Waals surface area (Å²) in [5.41, 5.74) is 0.437. The molecular formula is C16H27N5O2. The molecule has 128 valence electrons. The van der Waals surface area contributed by atoms with E-state index < -0.39 is 0 Å². The van der Waals surface area contributed by atoms with Crippen molar-refractivity contribution >= 4 is 11.9 Å². The molecule has 7 nitrogen and oxygen atoms in total. The Hall–Kier alpha value is -1.73. The van der Waals surface area contributed by atoms with Gasteiger partial charge in [-0.05, 0) is 12.5 Å². The lowest BCUT2D eigenvalue weighted by Gasteiger charge is -2.26. The third-order valence-electron chi connectivity index (χ3n) is 3.88. The minimum Gasteiger partial charge on any atom is -0.379 e. The molecule has 1 aromatic rings. The first-order valence-electron chi connectivity index (χ1n) is 8.33. The van der Waals surface area contributed by atoms with Crippen LogP contribution >= 0.6 is 0 Å². The predicted molar refractivity (Wildman–Crippen MR) is 89.6 cm³/mol. The Morgan fingerprint density at radius 1 is 1.43 bits per heavy atom. The molecule has 0 radical (unpaired) electrons. The van der Waals surface area contributed by atoms with Crippen LogP contribution in [0.25, 0.3) is 0 Å². The Morgan fingerprint density at radius 3 is 2.96 bits per heavy atom. The van der Waals surface area contributed by atoms with Crippen molar-refractivity contribution in [1.82, 2.24) is 19.8 Å². The Morgan fingerprint density at radius 2 is 2.22 bits per heavy atom. The highest BCUT2D eigenvalue weighted by molar-refractivity contribution is 5.92. The molecule has 2 heterocycles. The van der Waals surface area contributed by atoms with Crippen LogP contribution in [0, 0.1) is 0 Å². The molecule has 1 aliphatic heterocycles. The number of hydrogen-bond donors (Lipinski definition) is 1. The summed E-state index contributed by atoms with van der Waals surface area (Å²) in [7, 11) is 1.81. The van der Waals surface area contributed by atoms with Crippen molar-refractivity contribution in [2.24, 2.45) is 0 Å². The average Bonchev–Trinajstić information content (AvgIpc) is 2.60. The maximum absolute atomic E-state index is 12.3. The fourth-order valence-electron chi connectivity index (χ4n) is 2.41. The molecular weight excluding hydrogens is 294 g/mol. The number of rotatable bonds is 8. The fourth-order valence-corrected chi connectivity index (χ4v) is 2.41. The third-order valence-corrected chi connectivity index (χ3v) is 3.88. The van der Waals surface area contributed by atoms with Gasteiger partial charge in [-0.1, -0.05) is 13.3 Å². The van der Waals surface area contributed by atoms with Gasteiger partial charge in [0.15, 0.2) is 0 Å². The quantitative estimate of drug-likeness (QED) is 0.773. The maximum atomic E-state index is 12.3. The number of amides is 1. The normalized spacial score (nSPS) is 15.4. The number of morpholine rings is 1. The van der Waals surface area contributed by atoms with Crippen LogP contribution in [0.1, 0.15) is 30.3 Å². The van der Waals surface area contributed by atoms with Crippen LogP contribution in [0.4, 0.5) is 5.95 Å². The summed E-state index contributed by atoms with van der Waals surface area (Å²) >= 11 is 0. The molecule has 7 heteroatoms. The second-order valence-electron chi connectivity index (χ2n) is 5.73. The summed E-state index contributed by atoms with van der Waals surface area (Å²) < 4.78 is 5.33. The first-order chi connectivity index (χ1) is 11.2. The van der Waals surface area contributed by atoms with Crippen LogP contribution in [0.15, 0.2) is 12.3 Å². The van der Waals surface area contributed by atoms with Gasteiger partial charge in [-0.25, -0.2) is 9.97 Å². The van der Waals surface area contributed by atoms with Gasteiger partial charge in [0.1, 0.15) is 5.69 Å². The van der Waals surface area contributed by atoms with Crippen LogP contribution in [-0.2, 0) is 4.74 Å². The first kappa shape index (κ1) is 17.6. The molecule has 0 aliphatic carbocycles. The fraction of sp³-hybridized carbons (Fsp3) is 0.688. The van der Waals surface area contributed by atoms with E-state index in [1.54, 1.807) is 17.2 Å². The van der Waals surface area contributed by atoms with E-state index in [-0.39, 0.29) is 5.91 Å². The van der Waals surface area contributed by atoms with E-state index in [0.29, 0.717) is 11.6 Å². The van der Waals surface area contributed by atoms with Crippen molar-refractivity contribution in [2.45, 2.75) is 19.8 Å². The summed E-state index contributed by atoms with van der Waals surface area (Å²) in [6.07, 6.45) is 3.69. The van der Waals surface area contributed by atoms with Gasteiger partial charge in [0.05, 0.1) is 13.2 Å². The number of ether oxygens (including phenoxy) is 1. The van der Waals surface area contributed by atoms with Gasteiger partial charge in [-0.2, -0.15) is 0 Å². The van der Waals surface area contributed by atoms with Gasteiger partial charge < -0.3 is 15.0 Å². The number of unbranched alkanes of at least 4 members (excludes halogenated alkanes) is 1. The van der Waals surface area contributed by atoms with Crippen molar-refractivity contribution in [1.29, 1.82) is 0 Å². The molecule has 0 bridgehead atoms. The van der Waals surface area contributed by atoms with Crippen LogP contribution in [0.3, 0.4) is 0 Å². The lowest BCUT2D eigenvalue weighted by molar-refractivity contribution is 0.0398. The summed E-state index contributed by atoms with van der Waals surface area (Å²) in [4.78, 5) is 24.9. The van der Waals surface area contributed by atoms with Crippen molar-refractivity contribution < 1.29 is 9.53 Å². The second kappa shape index (κ2) is 9.42. The molecule has 1 saturated heterocycles. The molecule has 2 rings (SSSR count). The van der Waals surface area contributed by atoms with Crippen LogP contribution in [0.2, 0.25) is 0 Å². The van der Waals surface area contributed by atoms with Crippen LogP contribution < -0.4 is 5.32 Å². The van der Waals surface area contributed by atoms with Gasteiger partial charge >= 0.3 is 0 Å². The number of carbonyl (C=O) groups excluding carboxylic acids is 1. The highest BCUT2D eigenvalue weighted by Crippen LogP contribution is 2.05. The van der Waals surface area contributed by atoms with Gasteiger partial charge in [0.2, 0.25) is 5.95 Å². The summed E-state index contributed by atoms with van der Waals surface area (Å²) in [5.74, 6) is 0.449. The molecule has 0 unspecified atom stereocenters. The maximum Gasteiger partial charge on any atom is 0.272 e. The van der Waals surface area contributed by atoms with E-state index >= 15 is 0 Å². The lowest BCUT2D eigenvalue weighted by Crippen LogP contribution is -2.39. The molecule has 23 heavy (non-hydrogen) atoms. The average molecular weight is 321 g/mol. The van der Waals surface area contributed by atoms with Gasteiger partial charge in [-0.3, -0.25) is 9.69 Å². The predicted octanol–water partition coefficient (Wildman–Crippen LogP) is 1.09. The van der Waals surface area contributed by atoms with E-state index in [9.17, 15) is 4.79 Å². The van der Waals surface area contributed by atoms with Crippen LogP contribution in [-0.4, -0.2) is 78.7 Å². The highest BCUT2D eigenvalue weighted by atomic mass is 16.5. The number of aromatic nitrogens is 2. The Bertz CT molecular complexity index is 491. The van der Waals surface area contributed by atoms with Gasteiger partial charge in [0.25, 0.3) is 5.91 Å². The minimum absolute atomic E-state index is 0.0583. The zero-order valence-electron chi connectivity index (χ0n) is 14.1. The van der Waals surface area contributed by atoms with E-state index in [4.69, 9.17) is 4.74 Å². The first-order valence-corrected chi connectivity index (χ1v) is 8.33. The van der Waals surface area contributed by atoms with E-state index in [1.807, 2.05) is 7.05 Å². The molecule has 1 fully saturated rings. The topological polar surface area (TPSA) is 70.6 Å². The van der Waals surface area contributed by atoms with Gasteiger partial charge in [0, 0.05) is 46.0 Å². The van der Waals surface area contributed by atoms with E-state index in [0.717, 1.165) is 58.8 Å². The lowest BCUT2D eigenvalue weighted by atomic mass is 10.3. The second-order valence-corrected chi connectivity index (χ2v) is 5.73. The molecule has 0 saturated carbocycles. The van der Waals surface area contributed by atoms with Crippen LogP contribution in [0.5, 0.6) is 0 Å². The number of hydrogen-bond acceptors (Lipinski definition) is 6. The van der Waals surface area contributed by atoms with E-state index in [1.165, 1.54) is 0 Å². The van der Waals surface area contributed by atoms with Crippen molar-refractivity contribution in [3.8, 4) is 0 Å². The highest BCUT2D eigenvalue weighted by Gasteiger charge is 2.14. The molecule has 1 amide bonds. The number of nitrogens with one attached hydrogen (secondary N) is 1. The van der Waals surface area contributed by atoms with Crippen molar-refractivity contribution in [2.75, 3.05) is 58.3 Å². The Kier molecular flexibility index (Phi) is 7.22. The number of carbonyl (C=O) groups is 1. The monoisotopic (exact) mass is 321 g/mol. The summed E-state index contributed by atoms with van der Waals surface area (Å²) in [6.45, 7) is 8.05. The van der Waals surface area contributed by atoms with Crippen molar-refractivity contribution in [3.63, 3.8) is 0 Å². The zero-order valence-corrected chi connectivity index (χ0v) is 14.1. The third kappa shape index (κ3) is 5.76. The SMILES string of the molecule is CCCCN(C)C(=O)c1ccnc(NCCN2CCOCC2)n1. The smallest absolute Gasteiger partial charge is 0.272 e. The summed E-state index contributed by atoms with van der Waals surface area (Å²) in [5, 5.41) is 3.19. The minimum atomic E-state index is -0.0583. The zero-order chi connectivity index (χ0) is 16.5. The molecule has 1 N–H and O–H groups in total. The molecule has 1 aromatic heterocycles. The number of nitrogens with zero attached hydrogens (tertiary/aromatic N) is 4. The molecule has 1 aliphatic rings. The molecule has 0 spiro atoms.